The number of hydrogen-bond acceptors (Lipinski definition) is 8. The number of fused-ring (bicyclic) bond motifs is 8. The van der Waals surface area contributed by atoms with Crippen molar-refractivity contribution >= 4 is 68.2 Å². The predicted octanol–water partition coefficient (Wildman–Crippen LogP) is 7.77. The molecule has 3 aromatic heterocycles. The molecule has 0 fully saturated rings. The fraction of sp³-hybridized carbons (Fsp3) is 0.368. The molecule has 2 aliphatic rings. The molecule has 2 unspecified atom stereocenters. The Kier molecular flexibility index (Phi) is 8.01. The van der Waals surface area contributed by atoms with E-state index in [2.05, 4.69) is 9.97 Å². The zero-order valence-corrected chi connectivity index (χ0v) is 28.5. The van der Waals surface area contributed by atoms with E-state index < -0.39 is 49.8 Å². The number of aromatic nitrogens is 4. The first-order chi connectivity index (χ1) is 26.0. The maximum atomic E-state index is 12.6. The average molecular weight is 689 g/mol. The van der Waals surface area contributed by atoms with Crippen molar-refractivity contribution in [2.45, 2.75) is 93.1 Å². The molecule has 262 valence electrons. The second kappa shape index (κ2) is 14.1. The number of rotatable bonds is 10. The lowest BCUT2D eigenvalue weighted by atomic mass is 9.98. The number of nitrogens with zero attached hydrogens (tertiary/aromatic N) is 2. The summed E-state index contributed by atoms with van der Waals surface area (Å²) in [4.78, 5) is 65.0. The largest absolute Gasteiger partial charge is 0.481 e. The Labute approximate surface area is 297 Å². The minimum absolute atomic E-state index is 0.122. The molecule has 5 heterocycles. The third-order valence-corrected chi connectivity index (χ3v) is 9.19. The Hall–Kier alpha value is -5.52. The third kappa shape index (κ3) is 7.24. The fourth-order valence-corrected chi connectivity index (χ4v) is 6.73. The number of carbonyl (C=O) groups excluding carboxylic acids is 2. The predicted molar refractivity (Wildman–Crippen MR) is 190 cm³/mol. The number of allylic oxidation sites excluding steroid dienone is 4. The fourth-order valence-electron chi connectivity index (χ4n) is 6.73. The number of nitrogens with one attached hydrogen (secondary N) is 2. The molecule has 4 N–H and O–H groups in total. The first-order valence-corrected chi connectivity index (χ1v) is 16.0. The number of carboxylic acid groups (broad SMARTS) is 2. The number of carboxylic acids is 2. The molecule has 0 saturated heterocycles. The molecule has 0 aliphatic carbocycles. The Morgan fingerprint density at radius 1 is 0.660 bits per heavy atom. The van der Waals surface area contributed by atoms with E-state index in [0.717, 1.165) is 0 Å². The summed E-state index contributed by atoms with van der Waals surface area (Å²) in [6, 6.07) is 6.84. The summed E-state index contributed by atoms with van der Waals surface area (Å²) < 4.78 is 56.2. The Balaban J connectivity index is 1.93. The van der Waals surface area contributed by atoms with E-state index in [0.29, 0.717) is 89.4 Å². The maximum Gasteiger partial charge on any atom is 0.303 e. The zero-order valence-electron chi connectivity index (χ0n) is 34.5. The highest BCUT2D eigenvalue weighted by Gasteiger charge is 2.25. The van der Waals surface area contributed by atoms with Gasteiger partial charge in [-0.05, 0) is 112 Å². The van der Waals surface area contributed by atoms with E-state index in [9.17, 15) is 29.4 Å². The van der Waals surface area contributed by atoms with Crippen LogP contribution in [0.3, 0.4) is 0 Å². The van der Waals surface area contributed by atoms with Crippen LogP contribution >= 0.6 is 0 Å². The Morgan fingerprint density at radius 3 is 1.48 bits per heavy atom. The monoisotopic (exact) mass is 688 g/mol. The van der Waals surface area contributed by atoms with Gasteiger partial charge in [-0.25, -0.2) is 9.97 Å². The molecular formula is C38H42N4O8. The third-order valence-electron chi connectivity index (χ3n) is 9.19. The summed E-state index contributed by atoms with van der Waals surface area (Å²) in [6.07, 6.45) is -2.28. The van der Waals surface area contributed by atoms with Crippen LogP contribution in [0.15, 0.2) is 24.3 Å². The first kappa shape index (κ1) is 28.3. The average Bonchev–Trinajstić information content (AvgIpc) is 3.74. The van der Waals surface area contributed by atoms with Crippen LogP contribution < -0.4 is 0 Å². The van der Waals surface area contributed by atoms with Crippen LogP contribution in [0.25, 0.3) is 44.4 Å². The number of H-pyrrole nitrogens is 2. The second-order valence-corrected chi connectivity index (χ2v) is 12.4. The van der Waals surface area contributed by atoms with Crippen molar-refractivity contribution in [1.29, 1.82) is 0 Å². The SMILES string of the molecule is [2H]C([2H])([2H])C(=O)OC(C)c1c(C)c2cc3[nH]c(cc4nc(cc5nc(cc1[nH]2)C(C)=C5CCC(=O)O)C(CCC(=O)O)=C4C)c(C)c3C(C)OC(=O)C([2H])([2H])[2H]. The van der Waals surface area contributed by atoms with E-state index >= 15 is 0 Å². The highest BCUT2D eigenvalue weighted by molar-refractivity contribution is 5.96. The number of ether oxygens (including phenoxy) is 2. The molecule has 12 nitrogen and oxygen atoms in total. The summed E-state index contributed by atoms with van der Waals surface area (Å²) in [5.41, 5.74) is 8.24. The van der Waals surface area contributed by atoms with Gasteiger partial charge in [-0.3, -0.25) is 19.2 Å². The van der Waals surface area contributed by atoms with Crippen LogP contribution in [0.1, 0.15) is 133 Å². The smallest absolute Gasteiger partial charge is 0.303 e. The summed E-state index contributed by atoms with van der Waals surface area (Å²) in [5.74, 6) is -4.82. The van der Waals surface area contributed by atoms with Crippen molar-refractivity contribution in [2.24, 2.45) is 0 Å². The topological polar surface area (TPSA) is 185 Å². The van der Waals surface area contributed by atoms with Crippen LogP contribution in [0.2, 0.25) is 0 Å². The standard InChI is InChI=1S/C38H42N4O8/c1-17-25(9-11-35(45)46)31-16-32-26(10-12-36(47)48)18(2)28(40-32)14-33-38(22(6)50-24(8)44)20(4)30(42-33)15-34-37(21(5)49-23(7)43)19(3)29(41-34)13-27(17)39-31/h13-16,21-22,41-42H,9-12H2,1-8H3,(H,45,46)(H,47,48)/i7D3,8D3. The van der Waals surface area contributed by atoms with E-state index in [-0.39, 0.29) is 25.7 Å². The number of carbonyl (C=O) groups is 4. The lowest BCUT2D eigenvalue weighted by Gasteiger charge is -2.12. The van der Waals surface area contributed by atoms with Crippen LogP contribution in [-0.4, -0.2) is 54.0 Å². The number of esters is 2. The zero-order chi connectivity index (χ0) is 41.6. The van der Waals surface area contributed by atoms with Crippen molar-refractivity contribution < 1.29 is 47.1 Å². The summed E-state index contributed by atoms with van der Waals surface area (Å²) >= 11 is 0. The van der Waals surface area contributed by atoms with Crippen molar-refractivity contribution in [1.82, 2.24) is 19.9 Å². The highest BCUT2D eigenvalue weighted by atomic mass is 16.5. The molecule has 0 saturated carbocycles. The van der Waals surface area contributed by atoms with Gasteiger partial charge in [-0.15, -0.1) is 0 Å². The van der Waals surface area contributed by atoms with Crippen molar-refractivity contribution in [3.63, 3.8) is 0 Å². The molecule has 3 aromatic rings. The van der Waals surface area contributed by atoms with Crippen molar-refractivity contribution in [3.8, 4) is 0 Å². The van der Waals surface area contributed by atoms with E-state index in [1.807, 2.05) is 6.92 Å². The van der Waals surface area contributed by atoms with E-state index in [4.69, 9.17) is 27.7 Å². The summed E-state index contributed by atoms with van der Waals surface area (Å²) in [7, 11) is 0. The van der Waals surface area contributed by atoms with Crippen molar-refractivity contribution in [2.75, 3.05) is 0 Å². The van der Waals surface area contributed by atoms with Gasteiger partial charge in [0.05, 0.1) is 22.8 Å². The Bertz CT molecular complexity index is 2390. The molecule has 12 heteroatoms. The maximum absolute atomic E-state index is 12.6. The Morgan fingerprint density at radius 2 is 1.06 bits per heavy atom. The lowest BCUT2D eigenvalue weighted by molar-refractivity contribution is -0.146. The highest BCUT2D eigenvalue weighted by Crippen LogP contribution is 2.39. The van der Waals surface area contributed by atoms with Gasteiger partial charge in [0.2, 0.25) is 0 Å². The second-order valence-electron chi connectivity index (χ2n) is 12.4. The number of aromatic amines is 2. The number of aryl methyl sites for hydroxylation is 2. The molecule has 0 amide bonds. The van der Waals surface area contributed by atoms with Gasteiger partial charge < -0.3 is 29.7 Å². The number of hydrogen-bond donors (Lipinski definition) is 4. The molecule has 5 rings (SSSR count). The van der Waals surface area contributed by atoms with E-state index in [1.54, 1.807) is 45.0 Å². The first-order valence-electron chi connectivity index (χ1n) is 19.0. The van der Waals surface area contributed by atoms with Crippen molar-refractivity contribution in [3.05, 3.63) is 69.3 Å². The van der Waals surface area contributed by atoms with Gasteiger partial charge >= 0.3 is 23.9 Å². The van der Waals surface area contributed by atoms with Crippen LogP contribution in [0, 0.1) is 13.8 Å². The van der Waals surface area contributed by atoms with Crippen LogP contribution in [0.4, 0.5) is 0 Å². The molecular weight excluding hydrogens is 640 g/mol. The molecule has 0 spiro atoms. The molecule has 2 atom stereocenters. The minimum atomic E-state index is -3.03. The molecule has 0 aromatic carbocycles. The van der Waals surface area contributed by atoms with Gasteiger partial charge in [0.25, 0.3) is 0 Å². The molecule has 2 aliphatic heterocycles. The normalized spacial score (nSPS) is 16.4. The van der Waals surface area contributed by atoms with Gasteiger partial charge in [0.1, 0.15) is 12.2 Å². The van der Waals surface area contributed by atoms with Gasteiger partial charge in [0.15, 0.2) is 0 Å². The van der Waals surface area contributed by atoms with Gasteiger partial charge in [-0.2, -0.15) is 0 Å². The summed E-state index contributed by atoms with van der Waals surface area (Å²) in [6.45, 7) is 4.12. The number of aliphatic carboxylic acids is 2. The lowest BCUT2D eigenvalue weighted by Crippen LogP contribution is -2.05. The van der Waals surface area contributed by atoms with E-state index in [1.165, 1.54) is 13.8 Å². The van der Waals surface area contributed by atoms with Gasteiger partial charge in [0, 0.05) is 68.0 Å². The molecule has 0 radical (unpaired) electrons. The van der Waals surface area contributed by atoms with Crippen LogP contribution in [-0.2, 0) is 28.7 Å². The quantitative estimate of drug-likeness (QED) is 0.153. The minimum Gasteiger partial charge on any atom is -0.481 e. The van der Waals surface area contributed by atoms with Crippen LogP contribution in [0.5, 0.6) is 0 Å². The molecule has 8 bridgehead atoms. The summed E-state index contributed by atoms with van der Waals surface area (Å²) in [5, 5.41) is 19.2. The van der Waals surface area contributed by atoms with Gasteiger partial charge in [-0.1, -0.05) is 0 Å². The molecule has 50 heavy (non-hydrogen) atoms.